The lowest BCUT2D eigenvalue weighted by Gasteiger charge is -2.02. The minimum atomic E-state index is -0.967. The van der Waals surface area contributed by atoms with Crippen molar-refractivity contribution in [1.82, 2.24) is 9.38 Å². The Hall–Kier alpha value is -2.14. The van der Waals surface area contributed by atoms with Crippen molar-refractivity contribution in [3.05, 3.63) is 58.8 Å². The fourth-order valence-corrected chi connectivity index (χ4v) is 2.63. The molecular formula is C14H9BrN2O2. The zero-order valence-electron chi connectivity index (χ0n) is 9.75. The van der Waals surface area contributed by atoms with E-state index < -0.39 is 5.97 Å². The average Bonchev–Trinajstić information content (AvgIpc) is 2.77. The molecule has 94 valence electrons. The molecule has 0 fully saturated rings. The van der Waals surface area contributed by atoms with Gasteiger partial charge in [-0.25, -0.2) is 9.78 Å². The van der Waals surface area contributed by atoms with Gasteiger partial charge in [0.1, 0.15) is 10.4 Å². The maximum Gasteiger partial charge on any atom is 0.337 e. The standard InChI is InChI=1S/C14H9BrN2O2/c15-12-11-10(14(18)19)7-4-8-17(11)13(16-12)9-5-2-1-3-6-9/h1-8H,(H,18,19). The normalized spacial score (nSPS) is 10.8. The van der Waals surface area contributed by atoms with Gasteiger partial charge in [0.25, 0.3) is 0 Å². The van der Waals surface area contributed by atoms with Crippen LogP contribution in [0.4, 0.5) is 0 Å². The summed E-state index contributed by atoms with van der Waals surface area (Å²) in [5.41, 5.74) is 1.73. The van der Waals surface area contributed by atoms with Gasteiger partial charge in [-0.1, -0.05) is 30.3 Å². The topological polar surface area (TPSA) is 54.6 Å². The summed E-state index contributed by atoms with van der Waals surface area (Å²) in [5, 5.41) is 9.23. The predicted molar refractivity (Wildman–Crippen MR) is 75.3 cm³/mol. The van der Waals surface area contributed by atoms with Crippen molar-refractivity contribution in [3.8, 4) is 11.4 Å². The summed E-state index contributed by atoms with van der Waals surface area (Å²) in [4.78, 5) is 15.7. The molecule has 0 unspecified atom stereocenters. The molecule has 0 radical (unpaired) electrons. The summed E-state index contributed by atoms with van der Waals surface area (Å²) in [6, 6.07) is 12.9. The second kappa shape index (κ2) is 4.51. The Labute approximate surface area is 117 Å². The first-order valence-corrected chi connectivity index (χ1v) is 6.43. The Morgan fingerprint density at radius 1 is 1.16 bits per heavy atom. The van der Waals surface area contributed by atoms with Gasteiger partial charge in [-0.15, -0.1) is 0 Å². The van der Waals surface area contributed by atoms with Crippen LogP contribution in [0.25, 0.3) is 16.9 Å². The van der Waals surface area contributed by atoms with Gasteiger partial charge in [0.15, 0.2) is 0 Å². The SMILES string of the molecule is O=C(O)c1cccn2c(-c3ccccc3)nc(Br)c12. The summed E-state index contributed by atoms with van der Waals surface area (Å²) < 4.78 is 2.31. The quantitative estimate of drug-likeness (QED) is 0.787. The highest BCUT2D eigenvalue weighted by atomic mass is 79.9. The van der Waals surface area contributed by atoms with Crippen molar-refractivity contribution in [1.29, 1.82) is 0 Å². The molecule has 0 saturated carbocycles. The number of carbonyl (C=O) groups is 1. The van der Waals surface area contributed by atoms with E-state index in [1.165, 1.54) is 0 Å². The Morgan fingerprint density at radius 3 is 2.58 bits per heavy atom. The lowest BCUT2D eigenvalue weighted by molar-refractivity contribution is 0.0698. The van der Waals surface area contributed by atoms with Crippen molar-refractivity contribution in [3.63, 3.8) is 0 Å². The van der Waals surface area contributed by atoms with Gasteiger partial charge in [-0.05, 0) is 28.1 Å². The lowest BCUT2D eigenvalue weighted by Crippen LogP contribution is -2.00. The molecule has 1 N–H and O–H groups in total. The fraction of sp³-hybridized carbons (Fsp3) is 0. The predicted octanol–water partition coefficient (Wildman–Crippen LogP) is 3.46. The number of rotatable bonds is 2. The number of carboxylic acid groups (broad SMARTS) is 1. The molecule has 0 aliphatic rings. The number of aromatic carboxylic acids is 1. The summed E-state index contributed by atoms with van der Waals surface area (Å²) in [5.74, 6) is -0.253. The Balaban J connectivity index is 2.35. The molecular weight excluding hydrogens is 308 g/mol. The fourth-order valence-electron chi connectivity index (χ4n) is 2.06. The van der Waals surface area contributed by atoms with Crippen molar-refractivity contribution in [2.75, 3.05) is 0 Å². The summed E-state index contributed by atoms with van der Waals surface area (Å²) >= 11 is 3.34. The molecule has 2 aromatic heterocycles. The van der Waals surface area contributed by atoms with Crippen molar-refractivity contribution in [2.24, 2.45) is 0 Å². The van der Waals surface area contributed by atoms with Crippen LogP contribution in [-0.4, -0.2) is 20.5 Å². The molecule has 0 saturated heterocycles. The third kappa shape index (κ3) is 1.92. The van der Waals surface area contributed by atoms with E-state index in [1.807, 2.05) is 36.5 Å². The number of imidazole rings is 1. The van der Waals surface area contributed by atoms with Gasteiger partial charge in [-0.3, -0.25) is 4.40 Å². The number of hydrogen-bond donors (Lipinski definition) is 1. The molecule has 0 spiro atoms. The minimum Gasteiger partial charge on any atom is -0.478 e. The molecule has 3 rings (SSSR count). The van der Waals surface area contributed by atoms with Crippen LogP contribution >= 0.6 is 15.9 Å². The van der Waals surface area contributed by atoms with Gasteiger partial charge in [0.2, 0.25) is 0 Å². The van der Waals surface area contributed by atoms with Crippen LogP contribution in [0, 0.1) is 0 Å². The van der Waals surface area contributed by atoms with Crippen LogP contribution in [0.3, 0.4) is 0 Å². The van der Waals surface area contributed by atoms with E-state index in [0.717, 1.165) is 5.56 Å². The van der Waals surface area contributed by atoms with Crippen molar-refractivity contribution < 1.29 is 9.90 Å². The smallest absolute Gasteiger partial charge is 0.337 e. The molecule has 0 atom stereocenters. The minimum absolute atomic E-state index is 0.226. The first kappa shape index (κ1) is 11.9. The lowest BCUT2D eigenvalue weighted by atomic mass is 10.2. The van der Waals surface area contributed by atoms with Crippen LogP contribution < -0.4 is 0 Å². The second-order valence-corrected chi connectivity index (χ2v) is 4.79. The third-order valence-corrected chi connectivity index (χ3v) is 3.44. The van der Waals surface area contributed by atoms with E-state index in [4.69, 9.17) is 0 Å². The molecule has 0 amide bonds. The summed E-state index contributed by atoms with van der Waals surface area (Å²) in [6.45, 7) is 0. The maximum absolute atomic E-state index is 11.3. The summed E-state index contributed by atoms with van der Waals surface area (Å²) in [7, 11) is 0. The van der Waals surface area contributed by atoms with E-state index in [-0.39, 0.29) is 5.56 Å². The van der Waals surface area contributed by atoms with E-state index in [0.29, 0.717) is 15.9 Å². The first-order valence-electron chi connectivity index (χ1n) is 5.64. The highest BCUT2D eigenvalue weighted by Crippen LogP contribution is 2.28. The van der Waals surface area contributed by atoms with Gasteiger partial charge in [0, 0.05) is 11.8 Å². The highest BCUT2D eigenvalue weighted by molar-refractivity contribution is 9.10. The molecule has 5 heteroatoms. The van der Waals surface area contributed by atoms with Gasteiger partial charge < -0.3 is 5.11 Å². The van der Waals surface area contributed by atoms with Crippen molar-refractivity contribution >= 4 is 27.4 Å². The number of nitrogens with zero attached hydrogens (tertiary/aromatic N) is 2. The Kier molecular flexibility index (Phi) is 2.83. The van der Waals surface area contributed by atoms with Gasteiger partial charge >= 0.3 is 5.97 Å². The van der Waals surface area contributed by atoms with E-state index in [9.17, 15) is 9.90 Å². The number of aromatic nitrogens is 2. The Morgan fingerprint density at radius 2 is 1.89 bits per heavy atom. The number of benzene rings is 1. The molecule has 19 heavy (non-hydrogen) atoms. The molecule has 0 aliphatic heterocycles. The monoisotopic (exact) mass is 316 g/mol. The van der Waals surface area contributed by atoms with Crippen molar-refractivity contribution in [2.45, 2.75) is 0 Å². The van der Waals surface area contributed by atoms with Crippen LogP contribution in [0.1, 0.15) is 10.4 Å². The van der Waals surface area contributed by atoms with Gasteiger partial charge in [0.05, 0.1) is 11.1 Å². The average molecular weight is 317 g/mol. The number of carboxylic acids is 1. The van der Waals surface area contributed by atoms with Gasteiger partial charge in [-0.2, -0.15) is 0 Å². The number of halogens is 1. The summed E-state index contributed by atoms with van der Waals surface area (Å²) in [6.07, 6.45) is 1.81. The highest BCUT2D eigenvalue weighted by Gasteiger charge is 2.17. The maximum atomic E-state index is 11.3. The number of pyridine rings is 1. The molecule has 0 bridgehead atoms. The van der Waals surface area contributed by atoms with E-state index >= 15 is 0 Å². The molecule has 0 aliphatic carbocycles. The van der Waals surface area contributed by atoms with E-state index in [1.54, 1.807) is 16.5 Å². The van der Waals surface area contributed by atoms with Crippen LogP contribution in [0.2, 0.25) is 0 Å². The second-order valence-electron chi connectivity index (χ2n) is 4.04. The first-order chi connectivity index (χ1) is 9.18. The number of hydrogen-bond acceptors (Lipinski definition) is 2. The van der Waals surface area contributed by atoms with Crippen LogP contribution in [0.15, 0.2) is 53.3 Å². The Bertz CT molecular complexity index is 766. The molecule has 2 heterocycles. The molecule has 3 aromatic rings. The molecule has 1 aromatic carbocycles. The zero-order valence-corrected chi connectivity index (χ0v) is 11.3. The number of fused-ring (bicyclic) bond motifs is 1. The van der Waals surface area contributed by atoms with Crippen LogP contribution in [-0.2, 0) is 0 Å². The van der Waals surface area contributed by atoms with Crippen LogP contribution in [0.5, 0.6) is 0 Å². The largest absolute Gasteiger partial charge is 0.478 e. The molecule has 4 nitrogen and oxygen atoms in total. The third-order valence-electron chi connectivity index (χ3n) is 2.88. The zero-order chi connectivity index (χ0) is 13.4. The van der Waals surface area contributed by atoms with E-state index in [2.05, 4.69) is 20.9 Å².